The number of hydrogen-bond acceptors (Lipinski definition) is 11. The number of anilines is 6. The molecule has 0 aliphatic heterocycles. The van der Waals surface area contributed by atoms with E-state index in [1.54, 1.807) is 72.3 Å². The van der Waals surface area contributed by atoms with Gasteiger partial charge in [0.05, 0.1) is 50.4 Å². The Morgan fingerprint density at radius 2 is 0.861 bits per heavy atom. The average molecular weight is 942 g/mol. The van der Waals surface area contributed by atoms with Gasteiger partial charge in [0.25, 0.3) is 5.56 Å². The number of rotatable bonds is 4. The van der Waals surface area contributed by atoms with Crippen molar-refractivity contribution >= 4 is 79.1 Å². The molecule has 12 nitrogen and oxygen atoms in total. The smallest absolute Gasteiger partial charge is 0.251 e. The highest BCUT2D eigenvalue weighted by Crippen LogP contribution is 2.42. The molecule has 8 aromatic carbocycles. The molecular weight excluding hydrogens is 899 g/mol. The van der Waals surface area contributed by atoms with Crippen LogP contribution in [0.1, 0.15) is 74.8 Å². The predicted molar refractivity (Wildman–Crippen MR) is 284 cm³/mol. The number of aryl methyl sites for hydroxylation is 3. The third kappa shape index (κ3) is 7.45. The molecule has 0 unspecified atom stereocenters. The van der Waals surface area contributed by atoms with Crippen molar-refractivity contribution in [2.24, 2.45) is 7.05 Å². The fourth-order valence-corrected chi connectivity index (χ4v) is 9.73. The zero-order valence-corrected chi connectivity index (χ0v) is 39.2. The Balaban J connectivity index is 0.000000122. The first-order valence-electron chi connectivity index (χ1n) is 23.1. The van der Waals surface area contributed by atoms with E-state index in [2.05, 4.69) is 20.6 Å². The minimum absolute atomic E-state index is 0.0546. The molecule has 348 valence electrons. The zero-order chi connectivity index (χ0) is 49.9. The minimum Gasteiger partial charge on any atom is -0.398 e. The Morgan fingerprint density at radius 3 is 1.39 bits per heavy atom. The van der Waals surface area contributed by atoms with Crippen LogP contribution in [0.15, 0.2) is 175 Å². The van der Waals surface area contributed by atoms with Crippen LogP contribution in [-0.4, -0.2) is 37.7 Å². The molecule has 3 aliphatic rings. The number of nitrogens with one attached hydrogen (secondary N) is 2. The number of ketones is 4. The number of nitrogens with zero attached hydrogens (tertiary/aromatic N) is 3. The van der Waals surface area contributed by atoms with E-state index in [1.807, 2.05) is 117 Å². The molecule has 0 saturated carbocycles. The number of hydrogen-bond donors (Lipinski definition) is 4. The van der Waals surface area contributed by atoms with Crippen molar-refractivity contribution in [2.45, 2.75) is 13.8 Å². The van der Waals surface area contributed by atoms with Gasteiger partial charge in [-0.05, 0) is 85.6 Å². The van der Waals surface area contributed by atoms with Crippen LogP contribution in [0.3, 0.4) is 0 Å². The number of aromatic nitrogens is 3. The monoisotopic (exact) mass is 941 g/mol. The van der Waals surface area contributed by atoms with Gasteiger partial charge in [-0.25, -0.2) is 9.97 Å². The van der Waals surface area contributed by atoms with Crippen LogP contribution in [0, 0.1) is 13.8 Å². The Morgan fingerprint density at radius 1 is 0.431 bits per heavy atom. The highest BCUT2D eigenvalue weighted by Gasteiger charge is 2.34. The number of nitrogen functional groups attached to an aromatic ring is 2. The molecule has 2 aromatic heterocycles. The summed E-state index contributed by atoms with van der Waals surface area (Å²) >= 11 is 0. The third-order valence-electron chi connectivity index (χ3n) is 13.4. The largest absolute Gasteiger partial charge is 0.398 e. The summed E-state index contributed by atoms with van der Waals surface area (Å²) < 4.78 is 1.54. The molecule has 0 atom stereocenters. The zero-order valence-electron chi connectivity index (χ0n) is 39.2. The maximum atomic E-state index is 13.5. The topological polar surface area (TPSA) is 192 Å². The molecule has 3 aliphatic carbocycles. The fourth-order valence-electron chi connectivity index (χ4n) is 9.73. The Kier molecular flexibility index (Phi) is 10.9. The molecule has 0 bridgehead atoms. The van der Waals surface area contributed by atoms with Crippen molar-refractivity contribution in [3.8, 4) is 22.4 Å². The Labute approximate surface area is 412 Å². The lowest BCUT2D eigenvalue weighted by Gasteiger charge is -2.24. The highest BCUT2D eigenvalue weighted by molar-refractivity contribution is 6.32. The number of fused-ring (bicyclic) bond motifs is 6. The second kappa shape index (κ2) is 17.6. The first-order valence-corrected chi connectivity index (χ1v) is 23.1. The van der Waals surface area contributed by atoms with Crippen molar-refractivity contribution in [2.75, 3.05) is 22.1 Å². The maximum Gasteiger partial charge on any atom is 0.251 e. The lowest BCUT2D eigenvalue weighted by Crippen LogP contribution is -2.23. The van der Waals surface area contributed by atoms with Gasteiger partial charge in [-0.3, -0.25) is 24.0 Å². The van der Waals surface area contributed by atoms with E-state index in [0.717, 1.165) is 66.7 Å². The molecule has 0 fully saturated rings. The quantitative estimate of drug-likeness (QED) is 0.123. The van der Waals surface area contributed by atoms with Crippen LogP contribution < -0.4 is 27.7 Å². The van der Waals surface area contributed by atoms with Crippen LogP contribution in [0.25, 0.3) is 44.2 Å². The summed E-state index contributed by atoms with van der Waals surface area (Å²) in [4.78, 5) is 73.1. The molecule has 0 amide bonds. The fraction of sp³-hybridized carbons (Fsp3) is 0.0500. The molecule has 0 spiro atoms. The summed E-state index contributed by atoms with van der Waals surface area (Å²) in [6, 6.07) is 50.0. The van der Waals surface area contributed by atoms with Crippen LogP contribution in [0.4, 0.5) is 34.1 Å². The third-order valence-corrected chi connectivity index (χ3v) is 13.4. The summed E-state index contributed by atoms with van der Waals surface area (Å²) in [7, 11) is 1.70. The Hall–Kier alpha value is -9.81. The van der Waals surface area contributed by atoms with Crippen molar-refractivity contribution in [3.05, 3.63) is 236 Å². The van der Waals surface area contributed by atoms with E-state index in [9.17, 15) is 24.0 Å². The van der Waals surface area contributed by atoms with Crippen molar-refractivity contribution in [1.29, 1.82) is 0 Å². The van der Waals surface area contributed by atoms with Crippen LogP contribution >= 0.6 is 0 Å². The van der Waals surface area contributed by atoms with Gasteiger partial charge >= 0.3 is 0 Å². The van der Waals surface area contributed by atoms with Crippen LogP contribution in [-0.2, 0) is 7.05 Å². The molecule has 72 heavy (non-hydrogen) atoms. The lowest BCUT2D eigenvalue weighted by molar-refractivity contribution is 0.0980. The second-order valence-corrected chi connectivity index (χ2v) is 17.9. The lowest BCUT2D eigenvalue weighted by atomic mass is 9.82. The number of carbonyl (C=O) groups excluding carboxylic acids is 4. The number of pyridine rings is 1. The van der Waals surface area contributed by atoms with Crippen molar-refractivity contribution in [1.82, 2.24) is 14.5 Å². The van der Waals surface area contributed by atoms with E-state index >= 15 is 0 Å². The summed E-state index contributed by atoms with van der Waals surface area (Å²) in [5.41, 5.74) is 26.7. The van der Waals surface area contributed by atoms with Crippen LogP contribution in [0.2, 0.25) is 0 Å². The van der Waals surface area contributed by atoms with Gasteiger partial charge in [0.1, 0.15) is 6.33 Å². The molecule has 10 aromatic rings. The first kappa shape index (κ1) is 44.7. The predicted octanol–water partition coefficient (Wildman–Crippen LogP) is 11.3. The summed E-state index contributed by atoms with van der Waals surface area (Å²) in [6.07, 6.45) is 1.52. The average Bonchev–Trinajstić information content (AvgIpc) is 3.40. The van der Waals surface area contributed by atoms with Crippen molar-refractivity contribution < 1.29 is 19.2 Å². The summed E-state index contributed by atoms with van der Waals surface area (Å²) in [5.74, 6) is -0.449. The highest BCUT2D eigenvalue weighted by atomic mass is 16.1. The van der Waals surface area contributed by atoms with E-state index < -0.39 is 0 Å². The van der Waals surface area contributed by atoms with E-state index in [4.69, 9.17) is 11.5 Å². The van der Waals surface area contributed by atoms with Gasteiger partial charge in [-0.15, -0.1) is 0 Å². The SMILES string of the molecule is Cc1ccc(Nc2ccc(Nc3ccc(C)cc3)c3c2C(=O)c2ccccc2C3=O)cc1.Cn1c(=O)cc2c3c(c(N)ccc31)C(=O)c1ccccc1-2.Nc1ccc2ncnc3c2c1C(=O)c1ccccc1-3. The molecule has 0 radical (unpaired) electrons. The summed E-state index contributed by atoms with van der Waals surface area (Å²) in [5, 5.41) is 8.20. The molecule has 12 heteroatoms. The van der Waals surface area contributed by atoms with E-state index in [1.165, 1.54) is 6.33 Å². The first-order chi connectivity index (χ1) is 34.9. The van der Waals surface area contributed by atoms with Gasteiger partial charge in [-0.1, -0.05) is 108 Å². The van der Waals surface area contributed by atoms with Gasteiger partial charge < -0.3 is 26.7 Å². The van der Waals surface area contributed by atoms with Gasteiger partial charge in [0.2, 0.25) is 0 Å². The van der Waals surface area contributed by atoms with Gasteiger partial charge in [0, 0.05) is 74.5 Å². The number of carbonyl (C=O) groups is 4. The van der Waals surface area contributed by atoms with E-state index in [-0.39, 0.29) is 28.7 Å². The normalized spacial score (nSPS) is 12.4. The summed E-state index contributed by atoms with van der Waals surface area (Å²) in [6.45, 7) is 4.05. The molecular formula is C60H43N7O5. The number of benzene rings is 8. The number of nitrogens with two attached hydrogens (primary N) is 2. The molecule has 6 N–H and O–H groups in total. The van der Waals surface area contributed by atoms with E-state index in [0.29, 0.717) is 67.3 Å². The molecule has 2 heterocycles. The molecule has 13 rings (SSSR count). The Bertz CT molecular complexity index is 3920. The standard InChI is InChI=1S/C28H22N2O2.C17H12N2O2.C15H9N3O/c1-17-7-11-19(12-8-17)29-23-15-16-24(30-20-13-9-18(2)10-14-20)26-25(23)27(31)21-5-3-4-6-22(21)28(26)32;1-19-13-7-6-12(18)16-15(13)11(8-14(19)20)9-4-2-3-5-10(9)17(16)21;16-10-5-6-11-13-12(10)15(19)9-4-2-1-3-8(9)14(13)18-7-17-11/h3-16,29-30H,1-2H3;2-8H,18H2,1H3;1-7H,16H2. The van der Waals surface area contributed by atoms with Crippen LogP contribution in [0.5, 0.6) is 0 Å². The van der Waals surface area contributed by atoms with Gasteiger partial charge in [0.15, 0.2) is 23.1 Å². The molecule has 0 saturated heterocycles. The van der Waals surface area contributed by atoms with Crippen molar-refractivity contribution in [3.63, 3.8) is 0 Å². The second-order valence-electron chi connectivity index (χ2n) is 17.9. The maximum absolute atomic E-state index is 13.5. The minimum atomic E-state index is -0.155. The van der Waals surface area contributed by atoms with Gasteiger partial charge in [-0.2, -0.15) is 0 Å².